The first-order valence-electron chi connectivity index (χ1n) is 7.16. The van der Waals surface area contributed by atoms with Gasteiger partial charge in [-0.05, 0) is 30.2 Å². The largest absolute Gasteiger partial charge is 0.497 e. The van der Waals surface area contributed by atoms with E-state index >= 15 is 0 Å². The van der Waals surface area contributed by atoms with Crippen LogP contribution in [0, 0.1) is 5.92 Å². The van der Waals surface area contributed by atoms with Gasteiger partial charge in [0, 0.05) is 17.1 Å². The van der Waals surface area contributed by atoms with Gasteiger partial charge in [0.15, 0.2) is 5.13 Å². The van der Waals surface area contributed by atoms with Gasteiger partial charge in [-0.25, -0.2) is 4.98 Å². The average Bonchev–Trinajstić information content (AvgIpc) is 3.04. The first-order chi connectivity index (χ1) is 11.0. The Hall–Kier alpha value is -2.41. The van der Waals surface area contributed by atoms with E-state index in [0.29, 0.717) is 16.4 Å². The van der Waals surface area contributed by atoms with E-state index in [1.165, 1.54) is 11.3 Å². The Kier molecular flexibility index (Phi) is 5.70. The van der Waals surface area contributed by atoms with Crippen LogP contribution in [0.5, 0.6) is 5.75 Å². The van der Waals surface area contributed by atoms with Gasteiger partial charge in [0.2, 0.25) is 5.91 Å². The van der Waals surface area contributed by atoms with Crippen molar-refractivity contribution in [1.82, 2.24) is 10.3 Å². The Morgan fingerprint density at radius 3 is 2.43 bits per heavy atom. The van der Waals surface area contributed by atoms with Gasteiger partial charge in [-0.1, -0.05) is 13.8 Å². The van der Waals surface area contributed by atoms with Crippen molar-refractivity contribution in [3.05, 3.63) is 41.4 Å². The minimum Gasteiger partial charge on any atom is -0.497 e. The molecule has 0 bridgehead atoms. The number of carbonyl (C=O) groups is 2. The lowest BCUT2D eigenvalue weighted by Crippen LogP contribution is -2.47. The van der Waals surface area contributed by atoms with Crippen LogP contribution >= 0.6 is 11.3 Å². The van der Waals surface area contributed by atoms with Crippen LogP contribution in [0.4, 0.5) is 5.13 Å². The Morgan fingerprint density at radius 1 is 1.22 bits per heavy atom. The number of rotatable bonds is 6. The third-order valence-electron chi connectivity index (χ3n) is 3.25. The zero-order valence-electron chi connectivity index (χ0n) is 13.2. The number of nitrogens with one attached hydrogen (secondary N) is 2. The molecule has 0 aliphatic heterocycles. The molecule has 0 fully saturated rings. The van der Waals surface area contributed by atoms with E-state index in [9.17, 15) is 9.59 Å². The van der Waals surface area contributed by atoms with Crippen molar-refractivity contribution in [3.63, 3.8) is 0 Å². The van der Waals surface area contributed by atoms with E-state index in [2.05, 4.69) is 15.6 Å². The number of hydrogen-bond acceptors (Lipinski definition) is 5. The molecule has 0 unspecified atom stereocenters. The normalized spacial score (nSPS) is 11.8. The maximum atomic E-state index is 12.3. The number of methoxy groups -OCH3 is 1. The fraction of sp³-hybridized carbons (Fsp3) is 0.312. The Labute approximate surface area is 138 Å². The van der Waals surface area contributed by atoms with Crippen LogP contribution in [0.25, 0.3) is 0 Å². The average molecular weight is 333 g/mol. The number of nitrogens with zero attached hydrogens (tertiary/aromatic N) is 1. The first-order valence-corrected chi connectivity index (χ1v) is 8.04. The second-order valence-electron chi connectivity index (χ2n) is 5.25. The quantitative estimate of drug-likeness (QED) is 0.851. The van der Waals surface area contributed by atoms with Gasteiger partial charge in [0.1, 0.15) is 11.8 Å². The third-order valence-corrected chi connectivity index (χ3v) is 3.94. The monoisotopic (exact) mass is 333 g/mol. The third kappa shape index (κ3) is 4.53. The zero-order valence-corrected chi connectivity index (χ0v) is 14.0. The molecule has 0 aliphatic rings. The van der Waals surface area contributed by atoms with E-state index in [-0.39, 0.29) is 17.7 Å². The van der Waals surface area contributed by atoms with Crippen molar-refractivity contribution in [2.45, 2.75) is 19.9 Å². The maximum absolute atomic E-state index is 12.3. The molecular formula is C16H19N3O3S. The molecule has 2 aromatic rings. The molecule has 0 saturated heterocycles. The lowest BCUT2D eigenvalue weighted by atomic mass is 10.0. The molecule has 2 N–H and O–H groups in total. The zero-order chi connectivity index (χ0) is 16.8. The Bertz CT molecular complexity index is 654. The maximum Gasteiger partial charge on any atom is 0.251 e. The first kappa shape index (κ1) is 17.0. The van der Waals surface area contributed by atoms with Gasteiger partial charge >= 0.3 is 0 Å². The second kappa shape index (κ2) is 7.73. The summed E-state index contributed by atoms with van der Waals surface area (Å²) in [6.07, 6.45) is 1.61. The fourth-order valence-corrected chi connectivity index (χ4v) is 2.50. The molecule has 23 heavy (non-hydrogen) atoms. The Morgan fingerprint density at radius 2 is 1.91 bits per heavy atom. The number of ether oxygens (including phenoxy) is 1. The molecule has 1 aromatic carbocycles. The lowest BCUT2D eigenvalue weighted by molar-refractivity contribution is -0.118. The molecule has 1 aromatic heterocycles. The molecule has 0 radical (unpaired) electrons. The highest BCUT2D eigenvalue weighted by Gasteiger charge is 2.25. The van der Waals surface area contributed by atoms with E-state index in [0.717, 1.165) is 0 Å². The van der Waals surface area contributed by atoms with Gasteiger partial charge in [-0.3, -0.25) is 9.59 Å². The molecule has 2 rings (SSSR count). The summed E-state index contributed by atoms with van der Waals surface area (Å²) in [4.78, 5) is 28.7. The van der Waals surface area contributed by atoms with E-state index in [4.69, 9.17) is 4.74 Å². The van der Waals surface area contributed by atoms with Crippen LogP contribution in [0.15, 0.2) is 35.8 Å². The van der Waals surface area contributed by atoms with E-state index in [1.54, 1.807) is 43.0 Å². The molecular weight excluding hydrogens is 314 g/mol. The topological polar surface area (TPSA) is 80.3 Å². The standard InChI is InChI=1S/C16H19N3O3S/c1-10(2)13(15(21)19-16-17-8-9-23-16)18-14(20)11-4-6-12(22-3)7-5-11/h4-10,13H,1-3H3,(H,18,20)(H,17,19,21)/t13-/m0/s1. The highest BCUT2D eigenvalue weighted by molar-refractivity contribution is 7.13. The highest BCUT2D eigenvalue weighted by Crippen LogP contribution is 2.14. The number of anilines is 1. The lowest BCUT2D eigenvalue weighted by Gasteiger charge is -2.21. The van der Waals surface area contributed by atoms with Crippen LogP contribution in [0.1, 0.15) is 24.2 Å². The van der Waals surface area contributed by atoms with Gasteiger partial charge < -0.3 is 15.4 Å². The van der Waals surface area contributed by atoms with Crippen LogP contribution in [-0.4, -0.2) is 29.9 Å². The molecule has 1 atom stereocenters. The summed E-state index contributed by atoms with van der Waals surface area (Å²) in [5, 5.41) is 7.77. The minimum atomic E-state index is -0.645. The molecule has 2 amide bonds. The van der Waals surface area contributed by atoms with Crippen LogP contribution in [0.3, 0.4) is 0 Å². The number of aromatic nitrogens is 1. The predicted molar refractivity (Wildman–Crippen MR) is 89.8 cm³/mol. The van der Waals surface area contributed by atoms with Crippen molar-refractivity contribution in [2.75, 3.05) is 12.4 Å². The second-order valence-corrected chi connectivity index (χ2v) is 6.14. The summed E-state index contributed by atoms with van der Waals surface area (Å²) in [6, 6.07) is 6.08. The Balaban J connectivity index is 2.05. The number of carbonyl (C=O) groups excluding carboxylic acids is 2. The van der Waals surface area contributed by atoms with Crippen molar-refractivity contribution >= 4 is 28.3 Å². The molecule has 7 heteroatoms. The molecule has 0 aliphatic carbocycles. The van der Waals surface area contributed by atoms with Gasteiger partial charge in [0.05, 0.1) is 7.11 Å². The summed E-state index contributed by atoms with van der Waals surface area (Å²) in [7, 11) is 1.56. The van der Waals surface area contributed by atoms with Crippen LogP contribution < -0.4 is 15.4 Å². The number of hydrogen-bond donors (Lipinski definition) is 2. The summed E-state index contributed by atoms with van der Waals surface area (Å²) >= 11 is 1.33. The number of benzene rings is 1. The summed E-state index contributed by atoms with van der Waals surface area (Å²) in [5.74, 6) is 0.0260. The fourth-order valence-electron chi connectivity index (χ4n) is 1.97. The molecule has 6 nitrogen and oxygen atoms in total. The molecule has 1 heterocycles. The van der Waals surface area contributed by atoms with Crippen LogP contribution in [-0.2, 0) is 4.79 Å². The van der Waals surface area contributed by atoms with E-state index < -0.39 is 6.04 Å². The minimum absolute atomic E-state index is 0.0582. The van der Waals surface area contributed by atoms with Crippen molar-refractivity contribution in [3.8, 4) is 5.75 Å². The molecule has 122 valence electrons. The summed E-state index contributed by atoms with van der Waals surface area (Å²) < 4.78 is 5.06. The SMILES string of the molecule is COc1ccc(C(=O)N[C@H](C(=O)Nc2nccs2)C(C)C)cc1. The predicted octanol–water partition coefficient (Wildman–Crippen LogP) is 2.54. The molecule has 0 saturated carbocycles. The highest BCUT2D eigenvalue weighted by atomic mass is 32.1. The van der Waals surface area contributed by atoms with Crippen molar-refractivity contribution in [2.24, 2.45) is 5.92 Å². The number of amides is 2. The number of thiazole rings is 1. The van der Waals surface area contributed by atoms with Crippen molar-refractivity contribution < 1.29 is 14.3 Å². The molecule has 0 spiro atoms. The summed E-state index contributed by atoms with van der Waals surface area (Å²) in [5.41, 5.74) is 0.471. The van der Waals surface area contributed by atoms with Crippen LogP contribution in [0.2, 0.25) is 0 Å². The summed E-state index contributed by atoms with van der Waals surface area (Å²) in [6.45, 7) is 3.75. The van der Waals surface area contributed by atoms with Gasteiger partial charge in [0.25, 0.3) is 5.91 Å². The smallest absolute Gasteiger partial charge is 0.251 e. The van der Waals surface area contributed by atoms with E-state index in [1.807, 2.05) is 13.8 Å². The van der Waals surface area contributed by atoms with Gasteiger partial charge in [-0.2, -0.15) is 0 Å². The van der Waals surface area contributed by atoms with Crippen molar-refractivity contribution in [1.29, 1.82) is 0 Å². The van der Waals surface area contributed by atoms with Gasteiger partial charge in [-0.15, -0.1) is 11.3 Å².